The minimum atomic E-state index is -0.298. The molecule has 0 unspecified atom stereocenters. The second kappa shape index (κ2) is 9.13. The van der Waals surface area contributed by atoms with Gasteiger partial charge in [0.05, 0.1) is 5.56 Å². The van der Waals surface area contributed by atoms with Gasteiger partial charge in [-0.3, -0.25) is 15.0 Å². The average molecular weight is 479 g/mol. The topological polar surface area (TPSA) is 66.4 Å². The maximum atomic E-state index is 12.9. The van der Waals surface area contributed by atoms with Gasteiger partial charge in [0.2, 0.25) is 0 Å². The van der Waals surface area contributed by atoms with Crippen LogP contribution in [0.5, 0.6) is 0 Å². The van der Waals surface area contributed by atoms with Crippen LogP contribution in [0, 0.1) is 0 Å². The lowest BCUT2D eigenvalue weighted by atomic mass is 10.0. The van der Waals surface area contributed by atoms with E-state index in [1.54, 1.807) is 0 Å². The van der Waals surface area contributed by atoms with Gasteiger partial charge in [0, 0.05) is 52.6 Å². The van der Waals surface area contributed by atoms with Crippen LogP contribution in [0.1, 0.15) is 40.2 Å². The van der Waals surface area contributed by atoms with Gasteiger partial charge in [-0.15, -0.1) is 22.7 Å². The number of carbonyl (C=O) groups is 2. The Hall–Kier alpha value is -2.94. The third-order valence-electron chi connectivity index (χ3n) is 6.11. The molecule has 170 valence electrons. The number of ketones is 1. The van der Waals surface area contributed by atoms with Crippen molar-refractivity contribution in [1.82, 2.24) is 14.8 Å². The Kier molecular flexibility index (Phi) is 6.05. The van der Waals surface area contributed by atoms with Gasteiger partial charge in [0.1, 0.15) is 10.0 Å². The zero-order valence-electron chi connectivity index (χ0n) is 18.7. The molecule has 0 spiro atoms. The predicted molar refractivity (Wildman–Crippen MR) is 136 cm³/mol. The first kappa shape index (κ1) is 21.9. The zero-order valence-corrected chi connectivity index (χ0v) is 20.3. The fourth-order valence-electron chi connectivity index (χ4n) is 4.44. The smallest absolute Gasteiger partial charge is 0.320 e. The van der Waals surface area contributed by atoms with Crippen molar-refractivity contribution in [2.75, 3.05) is 18.4 Å². The van der Waals surface area contributed by atoms with Gasteiger partial charge in [0.15, 0.2) is 5.78 Å². The van der Waals surface area contributed by atoms with Gasteiger partial charge < -0.3 is 9.88 Å². The summed E-state index contributed by atoms with van der Waals surface area (Å²) in [4.78, 5) is 29.0. The van der Waals surface area contributed by atoms with E-state index in [2.05, 4.69) is 39.4 Å². The first-order valence-corrected chi connectivity index (χ1v) is 12.7. The van der Waals surface area contributed by atoms with E-state index >= 15 is 0 Å². The summed E-state index contributed by atoms with van der Waals surface area (Å²) in [5.74, 6) is -0.0509. The Morgan fingerprint density at radius 3 is 2.64 bits per heavy atom. The van der Waals surface area contributed by atoms with Crippen LogP contribution in [0.3, 0.4) is 0 Å². The monoisotopic (exact) mass is 478 g/mol. The summed E-state index contributed by atoms with van der Waals surface area (Å²) in [5.41, 5.74) is 3.12. The maximum Gasteiger partial charge on any atom is 0.320 e. The average Bonchev–Trinajstić information content (AvgIpc) is 3.53. The number of rotatable bonds is 6. The van der Waals surface area contributed by atoms with E-state index in [-0.39, 0.29) is 11.8 Å². The standard InChI is InChI=1S/C25H26N4O2S2/c1-3-28-13-10-17-19(24(33-21(17)15-28)29-11-6-7-12-29)14-26-25(31)27-23-22(16(2)30)18-8-4-5-9-20(18)32-23/h4-9,11-12H,3,10,13-15H2,1-2H3,(H2,26,27,31). The molecule has 4 aromatic rings. The molecule has 33 heavy (non-hydrogen) atoms. The highest BCUT2D eigenvalue weighted by Gasteiger charge is 2.25. The minimum Gasteiger partial charge on any atom is -0.334 e. The van der Waals surface area contributed by atoms with Crippen molar-refractivity contribution in [3.05, 3.63) is 70.4 Å². The van der Waals surface area contributed by atoms with Gasteiger partial charge in [0.25, 0.3) is 0 Å². The van der Waals surface area contributed by atoms with Gasteiger partial charge >= 0.3 is 6.03 Å². The molecule has 4 heterocycles. The van der Waals surface area contributed by atoms with E-state index in [0.717, 1.165) is 41.1 Å². The van der Waals surface area contributed by atoms with E-state index in [4.69, 9.17) is 0 Å². The number of urea groups is 1. The normalized spacial score (nSPS) is 13.8. The molecule has 3 aromatic heterocycles. The molecule has 6 nitrogen and oxygen atoms in total. The summed E-state index contributed by atoms with van der Waals surface area (Å²) in [6, 6.07) is 11.5. The summed E-state index contributed by atoms with van der Waals surface area (Å²) in [6.45, 7) is 7.21. The number of fused-ring (bicyclic) bond motifs is 2. The minimum absolute atomic E-state index is 0.0509. The molecule has 0 bridgehead atoms. The zero-order chi connectivity index (χ0) is 22.9. The van der Waals surface area contributed by atoms with Gasteiger partial charge in [-0.2, -0.15) is 0 Å². The Morgan fingerprint density at radius 2 is 1.88 bits per heavy atom. The third-order valence-corrected chi connectivity index (χ3v) is 8.47. The fraction of sp³-hybridized carbons (Fsp3) is 0.280. The molecule has 2 N–H and O–H groups in total. The van der Waals surface area contributed by atoms with Crippen molar-refractivity contribution < 1.29 is 9.59 Å². The quantitative estimate of drug-likeness (QED) is 0.352. The van der Waals surface area contributed by atoms with Crippen molar-refractivity contribution >= 4 is 49.6 Å². The number of amides is 2. The second-order valence-electron chi connectivity index (χ2n) is 8.16. The summed E-state index contributed by atoms with van der Waals surface area (Å²) in [6.07, 6.45) is 5.09. The van der Waals surface area contributed by atoms with E-state index in [1.807, 2.05) is 47.7 Å². The molecule has 0 atom stereocenters. The summed E-state index contributed by atoms with van der Waals surface area (Å²) in [7, 11) is 0. The van der Waals surface area contributed by atoms with Crippen LogP contribution in [0.25, 0.3) is 15.1 Å². The lowest BCUT2D eigenvalue weighted by Gasteiger charge is -2.25. The molecule has 0 saturated heterocycles. The Bertz CT molecular complexity index is 1320. The Labute approximate surface area is 200 Å². The Morgan fingerprint density at radius 1 is 1.09 bits per heavy atom. The van der Waals surface area contributed by atoms with Crippen molar-refractivity contribution in [2.45, 2.75) is 33.4 Å². The molecular weight excluding hydrogens is 452 g/mol. The molecular formula is C25H26N4O2S2. The number of thiophene rings is 2. The number of hydrogen-bond donors (Lipinski definition) is 2. The van der Waals surface area contributed by atoms with E-state index < -0.39 is 0 Å². The molecule has 0 fully saturated rings. The number of aromatic nitrogens is 1. The number of Topliss-reactive ketones (excluding diaryl/α,β-unsaturated/α-hetero) is 1. The summed E-state index contributed by atoms with van der Waals surface area (Å²) >= 11 is 3.24. The first-order valence-electron chi connectivity index (χ1n) is 11.1. The molecule has 0 saturated carbocycles. The van der Waals surface area contributed by atoms with Crippen LogP contribution in [-0.4, -0.2) is 34.4 Å². The summed E-state index contributed by atoms with van der Waals surface area (Å²) < 4.78 is 3.12. The van der Waals surface area contributed by atoms with Gasteiger partial charge in [-0.25, -0.2) is 4.79 Å². The number of anilines is 1. The predicted octanol–water partition coefficient (Wildman–Crippen LogP) is 5.66. The number of hydrogen-bond acceptors (Lipinski definition) is 5. The van der Waals surface area contributed by atoms with Crippen LogP contribution < -0.4 is 10.6 Å². The number of nitrogens with zero attached hydrogens (tertiary/aromatic N) is 2. The third kappa shape index (κ3) is 4.21. The highest BCUT2D eigenvalue weighted by molar-refractivity contribution is 7.23. The van der Waals surface area contributed by atoms with Crippen molar-refractivity contribution in [3.8, 4) is 5.00 Å². The molecule has 1 aliphatic rings. The number of benzene rings is 1. The maximum absolute atomic E-state index is 12.9. The second-order valence-corrected chi connectivity index (χ2v) is 10.3. The van der Waals surface area contributed by atoms with Crippen LogP contribution in [0.2, 0.25) is 0 Å². The van der Waals surface area contributed by atoms with Crippen molar-refractivity contribution in [1.29, 1.82) is 0 Å². The van der Waals surface area contributed by atoms with Gasteiger partial charge in [-0.05, 0) is 43.7 Å². The van der Waals surface area contributed by atoms with E-state index in [1.165, 1.54) is 34.3 Å². The van der Waals surface area contributed by atoms with Crippen molar-refractivity contribution in [2.24, 2.45) is 0 Å². The van der Waals surface area contributed by atoms with Crippen LogP contribution in [-0.2, 0) is 19.5 Å². The fourth-order valence-corrected chi connectivity index (χ4v) is 6.96. The SMILES string of the molecule is CCN1CCc2c(sc(-n3cccc3)c2CNC(=O)Nc2sc3ccccc3c2C(C)=O)C1. The lowest BCUT2D eigenvalue weighted by Crippen LogP contribution is -2.31. The molecule has 0 aliphatic carbocycles. The Balaban J connectivity index is 1.38. The molecule has 2 amide bonds. The number of carbonyl (C=O) groups excluding carboxylic acids is 2. The van der Waals surface area contributed by atoms with Gasteiger partial charge in [-0.1, -0.05) is 25.1 Å². The highest BCUT2D eigenvalue weighted by Crippen LogP contribution is 2.37. The molecule has 1 aliphatic heterocycles. The van der Waals surface area contributed by atoms with Crippen LogP contribution in [0.4, 0.5) is 9.80 Å². The number of likely N-dealkylation sites (N-methyl/N-ethyl adjacent to an activating group) is 1. The summed E-state index contributed by atoms with van der Waals surface area (Å²) in [5, 5.41) is 8.62. The largest absolute Gasteiger partial charge is 0.334 e. The molecule has 1 aromatic carbocycles. The molecule has 8 heteroatoms. The highest BCUT2D eigenvalue weighted by atomic mass is 32.1. The van der Waals surface area contributed by atoms with Crippen LogP contribution >= 0.6 is 22.7 Å². The molecule has 5 rings (SSSR count). The van der Waals surface area contributed by atoms with Crippen LogP contribution in [0.15, 0.2) is 48.8 Å². The van der Waals surface area contributed by atoms with E-state index in [9.17, 15) is 9.59 Å². The lowest BCUT2D eigenvalue weighted by molar-refractivity contribution is 0.102. The van der Waals surface area contributed by atoms with Crippen molar-refractivity contribution in [3.63, 3.8) is 0 Å². The van der Waals surface area contributed by atoms with E-state index in [0.29, 0.717) is 17.1 Å². The number of nitrogens with one attached hydrogen (secondary N) is 2. The molecule has 0 radical (unpaired) electrons. The first-order chi connectivity index (χ1) is 16.0.